The Balaban J connectivity index is 2.95. The second-order valence-corrected chi connectivity index (χ2v) is 3.49. The summed E-state index contributed by atoms with van der Waals surface area (Å²) in [5, 5.41) is 0.433. The lowest BCUT2D eigenvalue weighted by atomic mass is 10.2. The molecular formula is C10H10BrF3O2. The molecule has 2 nitrogen and oxygen atoms in total. The molecule has 0 aromatic heterocycles. The highest BCUT2D eigenvalue weighted by molar-refractivity contribution is 9.08. The van der Waals surface area contributed by atoms with Gasteiger partial charge in [-0.3, -0.25) is 0 Å². The largest absolute Gasteiger partial charge is 0.573 e. The van der Waals surface area contributed by atoms with Crippen molar-refractivity contribution in [2.24, 2.45) is 0 Å². The minimum atomic E-state index is -4.69. The molecule has 6 heteroatoms. The fourth-order valence-electron chi connectivity index (χ4n) is 1.15. The van der Waals surface area contributed by atoms with E-state index in [0.29, 0.717) is 23.2 Å². The molecule has 0 amide bonds. The van der Waals surface area contributed by atoms with E-state index < -0.39 is 6.36 Å². The van der Waals surface area contributed by atoms with Gasteiger partial charge in [0.15, 0.2) is 0 Å². The summed E-state index contributed by atoms with van der Waals surface area (Å²) in [5.74, 6) is 0.0894. The molecule has 0 fully saturated rings. The Morgan fingerprint density at radius 3 is 2.31 bits per heavy atom. The van der Waals surface area contributed by atoms with Gasteiger partial charge in [-0.05, 0) is 24.6 Å². The van der Waals surface area contributed by atoms with Crippen LogP contribution in [0.4, 0.5) is 13.2 Å². The van der Waals surface area contributed by atoms with E-state index in [1.54, 1.807) is 13.0 Å². The molecule has 0 aliphatic heterocycles. The fourth-order valence-corrected chi connectivity index (χ4v) is 1.47. The normalized spacial score (nSPS) is 11.3. The highest BCUT2D eigenvalue weighted by Crippen LogP contribution is 2.28. The Kier molecular flexibility index (Phi) is 4.46. The molecule has 0 atom stereocenters. The number of rotatable bonds is 4. The average Bonchev–Trinajstić information content (AvgIpc) is 2.15. The summed E-state index contributed by atoms with van der Waals surface area (Å²) in [6.45, 7) is 2.14. The third-order valence-electron chi connectivity index (χ3n) is 1.64. The van der Waals surface area contributed by atoms with Crippen molar-refractivity contribution in [1.82, 2.24) is 0 Å². The first-order valence-electron chi connectivity index (χ1n) is 4.53. The van der Waals surface area contributed by atoms with Crippen LogP contribution in [0.15, 0.2) is 18.2 Å². The summed E-state index contributed by atoms with van der Waals surface area (Å²) >= 11 is 3.16. The number of benzene rings is 1. The number of halogens is 4. The Morgan fingerprint density at radius 1 is 1.19 bits per heavy atom. The molecule has 0 radical (unpaired) electrons. The van der Waals surface area contributed by atoms with Crippen LogP contribution in [0, 0.1) is 0 Å². The molecule has 0 aliphatic rings. The van der Waals surface area contributed by atoms with Gasteiger partial charge < -0.3 is 9.47 Å². The molecule has 0 spiro atoms. The van der Waals surface area contributed by atoms with Gasteiger partial charge in [-0.25, -0.2) is 0 Å². The zero-order valence-corrected chi connectivity index (χ0v) is 10.1. The number of ether oxygens (including phenoxy) is 2. The maximum absolute atomic E-state index is 12.0. The van der Waals surface area contributed by atoms with Gasteiger partial charge in [0, 0.05) is 11.4 Å². The molecule has 90 valence electrons. The molecule has 0 saturated heterocycles. The average molecular weight is 299 g/mol. The molecule has 0 heterocycles. The van der Waals surface area contributed by atoms with Crippen molar-refractivity contribution in [3.63, 3.8) is 0 Å². The lowest BCUT2D eigenvalue weighted by Gasteiger charge is -2.12. The number of alkyl halides is 4. The first kappa shape index (κ1) is 13.2. The third kappa shape index (κ3) is 4.30. The number of hydrogen-bond donors (Lipinski definition) is 0. The summed E-state index contributed by atoms with van der Waals surface area (Å²) in [4.78, 5) is 0. The van der Waals surface area contributed by atoms with E-state index in [9.17, 15) is 13.2 Å². The van der Waals surface area contributed by atoms with Gasteiger partial charge in [0.25, 0.3) is 0 Å². The Morgan fingerprint density at radius 2 is 1.81 bits per heavy atom. The molecule has 0 unspecified atom stereocenters. The van der Waals surface area contributed by atoms with Crippen molar-refractivity contribution in [2.45, 2.75) is 18.6 Å². The van der Waals surface area contributed by atoms with Crippen LogP contribution >= 0.6 is 15.9 Å². The molecule has 0 aliphatic carbocycles. The SMILES string of the molecule is CCOc1cc(CBr)cc(OC(F)(F)F)c1. The molecule has 16 heavy (non-hydrogen) atoms. The molecule has 0 bridgehead atoms. The predicted octanol–water partition coefficient (Wildman–Crippen LogP) is 3.88. The summed E-state index contributed by atoms with van der Waals surface area (Å²) in [6, 6.07) is 4.18. The monoisotopic (exact) mass is 298 g/mol. The maximum atomic E-state index is 12.0. The zero-order chi connectivity index (χ0) is 12.2. The van der Waals surface area contributed by atoms with Gasteiger partial charge in [-0.2, -0.15) is 0 Å². The van der Waals surface area contributed by atoms with Crippen LogP contribution in [-0.2, 0) is 5.33 Å². The Hall–Kier alpha value is -0.910. The van der Waals surface area contributed by atoms with Crippen LogP contribution in [0.1, 0.15) is 12.5 Å². The lowest BCUT2D eigenvalue weighted by Crippen LogP contribution is -2.17. The topological polar surface area (TPSA) is 18.5 Å². The van der Waals surface area contributed by atoms with E-state index in [0.717, 1.165) is 0 Å². The maximum Gasteiger partial charge on any atom is 0.573 e. The van der Waals surface area contributed by atoms with E-state index in [1.165, 1.54) is 12.1 Å². The van der Waals surface area contributed by atoms with Crippen LogP contribution in [0.5, 0.6) is 11.5 Å². The highest BCUT2D eigenvalue weighted by Gasteiger charge is 2.31. The second kappa shape index (κ2) is 5.43. The lowest BCUT2D eigenvalue weighted by molar-refractivity contribution is -0.274. The van der Waals surface area contributed by atoms with Crippen LogP contribution in [-0.4, -0.2) is 13.0 Å². The number of hydrogen-bond acceptors (Lipinski definition) is 2. The summed E-state index contributed by atoms with van der Waals surface area (Å²) in [7, 11) is 0. The molecular weight excluding hydrogens is 289 g/mol. The van der Waals surface area contributed by atoms with Crippen LogP contribution in [0.25, 0.3) is 0 Å². The standard InChI is InChI=1S/C10H10BrF3O2/c1-2-15-8-3-7(6-11)4-9(5-8)16-10(12,13)14/h3-5H,2,6H2,1H3. The summed E-state index contributed by atoms with van der Waals surface area (Å²) in [6.07, 6.45) is -4.69. The van der Waals surface area contributed by atoms with Crippen LogP contribution in [0.3, 0.4) is 0 Å². The zero-order valence-electron chi connectivity index (χ0n) is 8.47. The van der Waals surface area contributed by atoms with Gasteiger partial charge in [0.05, 0.1) is 6.61 Å². The minimum Gasteiger partial charge on any atom is -0.494 e. The van der Waals surface area contributed by atoms with E-state index in [4.69, 9.17) is 4.74 Å². The molecule has 0 N–H and O–H groups in total. The molecule has 1 aromatic rings. The van der Waals surface area contributed by atoms with E-state index in [1.807, 2.05) is 0 Å². The first-order chi connectivity index (χ1) is 7.44. The third-order valence-corrected chi connectivity index (χ3v) is 2.29. The van der Waals surface area contributed by atoms with Gasteiger partial charge in [0.2, 0.25) is 0 Å². The highest BCUT2D eigenvalue weighted by atomic mass is 79.9. The first-order valence-corrected chi connectivity index (χ1v) is 5.65. The van der Waals surface area contributed by atoms with Crippen molar-refractivity contribution in [3.05, 3.63) is 23.8 Å². The van der Waals surface area contributed by atoms with Crippen molar-refractivity contribution in [2.75, 3.05) is 6.61 Å². The van der Waals surface area contributed by atoms with E-state index in [-0.39, 0.29) is 5.75 Å². The Labute approximate surface area is 99.5 Å². The van der Waals surface area contributed by atoms with Crippen LogP contribution in [0.2, 0.25) is 0 Å². The van der Waals surface area contributed by atoms with Crippen molar-refractivity contribution in [3.8, 4) is 11.5 Å². The molecule has 1 rings (SSSR count). The van der Waals surface area contributed by atoms with Gasteiger partial charge in [-0.1, -0.05) is 15.9 Å². The van der Waals surface area contributed by atoms with Crippen molar-refractivity contribution in [1.29, 1.82) is 0 Å². The smallest absolute Gasteiger partial charge is 0.494 e. The second-order valence-electron chi connectivity index (χ2n) is 2.93. The quantitative estimate of drug-likeness (QED) is 0.786. The molecule has 1 aromatic carbocycles. The van der Waals surface area contributed by atoms with E-state index >= 15 is 0 Å². The van der Waals surface area contributed by atoms with Gasteiger partial charge in [0.1, 0.15) is 11.5 Å². The fraction of sp³-hybridized carbons (Fsp3) is 0.400. The van der Waals surface area contributed by atoms with Gasteiger partial charge >= 0.3 is 6.36 Å². The summed E-state index contributed by atoms with van der Waals surface area (Å²) < 4.78 is 45.0. The van der Waals surface area contributed by atoms with Crippen molar-refractivity contribution >= 4 is 15.9 Å². The summed E-state index contributed by atoms with van der Waals surface area (Å²) in [5.41, 5.74) is 0.658. The molecule has 0 saturated carbocycles. The predicted molar refractivity (Wildman–Crippen MR) is 56.9 cm³/mol. The Bertz CT molecular complexity index is 352. The van der Waals surface area contributed by atoms with Crippen molar-refractivity contribution < 1.29 is 22.6 Å². The minimum absolute atomic E-state index is 0.270. The van der Waals surface area contributed by atoms with Gasteiger partial charge in [-0.15, -0.1) is 13.2 Å². The van der Waals surface area contributed by atoms with Crippen LogP contribution < -0.4 is 9.47 Å². The van der Waals surface area contributed by atoms with E-state index in [2.05, 4.69) is 20.7 Å².